The van der Waals surface area contributed by atoms with Gasteiger partial charge in [-0.05, 0) is 84.5 Å². The van der Waals surface area contributed by atoms with E-state index in [2.05, 4.69) is 39.0 Å². The van der Waals surface area contributed by atoms with E-state index in [1.54, 1.807) is 42.2 Å². The molecule has 3 aromatic heterocycles. The van der Waals surface area contributed by atoms with Gasteiger partial charge in [-0.15, -0.1) is 0 Å². The lowest BCUT2D eigenvalue weighted by atomic mass is 9.79. The summed E-state index contributed by atoms with van der Waals surface area (Å²) in [5.74, 6) is -0.260. The van der Waals surface area contributed by atoms with Crippen LogP contribution in [0.15, 0.2) is 55.1 Å². The van der Waals surface area contributed by atoms with Crippen molar-refractivity contribution < 1.29 is 9.50 Å². The highest BCUT2D eigenvalue weighted by molar-refractivity contribution is 6.31. The van der Waals surface area contributed by atoms with E-state index >= 15 is 4.39 Å². The fourth-order valence-electron chi connectivity index (χ4n) is 7.14. The van der Waals surface area contributed by atoms with Crippen LogP contribution >= 0.6 is 11.6 Å². The zero-order valence-corrected chi connectivity index (χ0v) is 23.6. The molecular formula is C32H25ClFN7O. The predicted octanol–water partition coefficient (Wildman–Crippen LogP) is 6.56. The van der Waals surface area contributed by atoms with Crippen molar-refractivity contribution in [3.05, 3.63) is 77.2 Å². The van der Waals surface area contributed by atoms with Crippen molar-refractivity contribution in [3.8, 4) is 28.8 Å². The molecule has 5 heterocycles. The molecule has 4 atom stereocenters. The minimum Gasteiger partial charge on any atom is -0.508 e. The summed E-state index contributed by atoms with van der Waals surface area (Å²) in [4.78, 5) is 9.00. The average molecular weight is 578 g/mol. The summed E-state index contributed by atoms with van der Waals surface area (Å²) < 4.78 is 21.2. The molecule has 208 valence electrons. The summed E-state index contributed by atoms with van der Waals surface area (Å²) in [7, 11) is 0. The first-order valence-electron chi connectivity index (χ1n) is 13.9. The van der Waals surface area contributed by atoms with Crippen molar-refractivity contribution in [3.63, 3.8) is 0 Å². The van der Waals surface area contributed by atoms with Crippen LogP contribution in [0.5, 0.6) is 5.75 Å². The van der Waals surface area contributed by atoms with Crippen LogP contribution in [0, 0.1) is 30.0 Å². The number of benzene rings is 3. The standard InChI is InChI=1S/C32H25ClFN7O/c1-15(11-35)21-10-24-29(28(34)27(21)23-9-20(42)6-17-3-4-19(33)8-22(17)23)39-32(40-14-36-13-38-40)25-5-16(2)41(31(24)25)30-18-7-26(30)37-12-18/h3-6,8-10,13-15,18,26,30,37,42H,7,12H2,1-2H3/t15?,18-,26-,30+/m1/s1. The maximum atomic E-state index is 17.3. The highest BCUT2D eigenvalue weighted by Crippen LogP contribution is 2.49. The lowest BCUT2D eigenvalue weighted by molar-refractivity contribution is 0.223. The fourth-order valence-corrected chi connectivity index (χ4v) is 7.31. The van der Waals surface area contributed by atoms with Gasteiger partial charge in [-0.1, -0.05) is 17.7 Å². The largest absolute Gasteiger partial charge is 0.508 e. The molecule has 2 saturated heterocycles. The number of phenolic OH excluding ortho intramolecular Hbond substituents is 1. The molecule has 6 aromatic rings. The summed E-state index contributed by atoms with van der Waals surface area (Å²) in [5, 5.41) is 32.0. The van der Waals surface area contributed by atoms with Crippen molar-refractivity contribution >= 4 is 44.2 Å². The third-order valence-electron chi connectivity index (χ3n) is 9.07. The van der Waals surface area contributed by atoms with Crippen LogP contribution < -0.4 is 5.32 Å². The second-order valence-corrected chi connectivity index (χ2v) is 11.9. The number of rotatable bonds is 4. The Morgan fingerprint density at radius 3 is 2.74 bits per heavy atom. The molecule has 42 heavy (non-hydrogen) atoms. The van der Waals surface area contributed by atoms with E-state index in [4.69, 9.17) is 16.6 Å². The van der Waals surface area contributed by atoms with Gasteiger partial charge in [0.05, 0.1) is 23.5 Å². The molecule has 1 aliphatic carbocycles. The van der Waals surface area contributed by atoms with Crippen molar-refractivity contribution in [2.75, 3.05) is 6.54 Å². The third-order valence-corrected chi connectivity index (χ3v) is 9.31. The Labute approximate surface area is 245 Å². The number of halogens is 2. The molecule has 3 aromatic carbocycles. The maximum Gasteiger partial charge on any atom is 0.165 e. The van der Waals surface area contributed by atoms with Gasteiger partial charge in [0.1, 0.15) is 23.9 Å². The van der Waals surface area contributed by atoms with Crippen LogP contribution in [0.2, 0.25) is 5.02 Å². The molecule has 10 heteroatoms. The number of pyridine rings is 1. The smallest absolute Gasteiger partial charge is 0.165 e. The van der Waals surface area contributed by atoms with Gasteiger partial charge in [0.25, 0.3) is 0 Å². The highest BCUT2D eigenvalue weighted by Gasteiger charge is 2.48. The first-order valence-corrected chi connectivity index (χ1v) is 14.3. The Hall–Kier alpha value is -4.52. The maximum absolute atomic E-state index is 17.3. The number of nitrogens with zero attached hydrogens (tertiary/aromatic N) is 6. The number of nitrogens with one attached hydrogen (secondary N) is 1. The number of phenols is 1. The second-order valence-electron chi connectivity index (χ2n) is 11.5. The van der Waals surface area contributed by atoms with Crippen LogP contribution in [-0.4, -0.2) is 42.0 Å². The molecule has 9 rings (SSSR count). The fraction of sp³-hybridized carbons (Fsp3) is 0.250. The minimum absolute atomic E-state index is 0.0148. The molecule has 8 nitrogen and oxygen atoms in total. The molecule has 1 saturated carbocycles. The summed E-state index contributed by atoms with van der Waals surface area (Å²) >= 11 is 6.38. The van der Waals surface area contributed by atoms with Gasteiger partial charge in [0.2, 0.25) is 0 Å². The molecule has 0 spiro atoms. The van der Waals surface area contributed by atoms with Crippen LogP contribution in [0.1, 0.15) is 36.6 Å². The molecule has 0 radical (unpaired) electrons. The number of fused-ring (bicyclic) bond motifs is 5. The van der Waals surface area contributed by atoms with Gasteiger partial charge in [-0.3, -0.25) is 0 Å². The number of aromatic hydroxyl groups is 1. The quantitative estimate of drug-likeness (QED) is 0.246. The van der Waals surface area contributed by atoms with E-state index in [0.717, 1.165) is 29.6 Å². The van der Waals surface area contributed by atoms with Crippen LogP contribution in [-0.2, 0) is 0 Å². The first kappa shape index (κ1) is 25.2. The Kier molecular flexibility index (Phi) is 5.39. The number of hydrogen-bond acceptors (Lipinski definition) is 6. The van der Waals surface area contributed by atoms with Crippen LogP contribution in [0.3, 0.4) is 0 Å². The summed E-state index contributed by atoms with van der Waals surface area (Å²) in [6, 6.07) is 15.3. The summed E-state index contributed by atoms with van der Waals surface area (Å²) in [6.07, 6.45) is 4.11. The minimum atomic E-state index is -0.647. The van der Waals surface area contributed by atoms with Crippen LogP contribution in [0.25, 0.3) is 49.5 Å². The molecule has 0 amide bonds. The number of hydrogen-bond donors (Lipinski definition) is 2. The molecule has 2 N–H and O–H groups in total. The van der Waals surface area contributed by atoms with Gasteiger partial charge < -0.3 is 15.0 Å². The van der Waals surface area contributed by atoms with E-state index in [1.807, 2.05) is 6.07 Å². The monoisotopic (exact) mass is 577 g/mol. The average Bonchev–Trinajstić information content (AvgIpc) is 3.78. The normalized spacial score (nSPS) is 20.3. The Balaban J connectivity index is 1.54. The lowest BCUT2D eigenvalue weighted by Gasteiger charge is -2.37. The molecule has 3 aliphatic rings. The predicted molar refractivity (Wildman–Crippen MR) is 159 cm³/mol. The Morgan fingerprint density at radius 1 is 1.17 bits per heavy atom. The van der Waals surface area contributed by atoms with E-state index in [0.29, 0.717) is 50.1 Å². The van der Waals surface area contributed by atoms with Crippen molar-refractivity contribution in [1.82, 2.24) is 29.6 Å². The SMILES string of the molecule is Cc1cc2c(-n3cncn3)nc3c(F)c(-c4cc(O)cc5ccc(Cl)cc45)c(C(C)C#N)cc3c2n1[C@H]1[C@H]2CN[C@@H]1C2. The highest BCUT2D eigenvalue weighted by atomic mass is 35.5. The topological polar surface area (TPSA) is 105 Å². The van der Waals surface area contributed by atoms with E-state index in [-0.39, 0.29) is 22.9 Å². The van der Waals surface area contributed by atoms with E-state index in [9.17, 15) is 10.4 Å². The van der Waals surface area contributed by atoms with Gasteiger partial charge in [-0.25, -0.2) is 19.0 Å². The van der Waals surface area contributed by atoms with Gasteiger partial charge in [0, 0.05) is 39.6 Å². The Bertz CT molecular complexity index is 2120. The lowest BCUT2D eigenvalue weighted by Crippen LogP contribution is -2.39. The van der Waals surface area contributed by atoms with E-state index in [1.165, 1.54) is 12.4 Å². The molecule has 1 unspecified atom stereocenters. The summed E-state index contributed by atoms with van der Waals surface area (Å²) in [5.41, 5.74) is 3.27. The Morgan fingerprint density at radius 2 is 2.02 bits per heavy atom. The van der Waals surface area contributed by atoms with Gasteiger partial charge in [-0.2, -0.15) is 10.4 Å². The molecular weight excluding hydrogens is 553 g/mol. The second kappa shape index (κ2) is 8.99. The third kappa shape index (κ3) is 3.46. The van der Waals surface area contributed by atoms with Gasteiger partial charge in [0.15, 0.2) is 11.6 Å². The first-order chi connectivity index (χ1) is 20.3. The van der Waals surface area contributed by atoms with Crippen molar-refractivity contribution in [2.24, 2.45) is 5.92 Å². The summed E-state index contributed by atoms with van der Waals surface area (Å²) in [6.45, 7) is 4.79. The number of nitriles is 1. The zero-order chi connectivity index (χ0) is 28.9. The van der Waals surface area contributed by atoms with Crippen molar-refractivity contribution in [2.45, 2.75) is 38.3 Å². The zero-order valence-electron chi connectivity index (χ0n) is 22.8. The number of aromatic nitrogens is 5. The van der Waals surface area contributed by atoms with Gasteiger partial charge >= 0.3 is 0 Å². The van der Waals surface area contributed by atoms with E-state index < -0.39 is 11.7 Å². The van der Waals surface area contributed by atoms with Crippen molar-refractivity contribution in [1.29, 1.82) is 5.26 Å². The molecule has 2 aliphatic heterocycles. The molecule has 2 bridgehead atoms. The number of aryl methyl sites for hydroxylation is 1. The molecule has 3 fully saturated rings. The van der Waals surface area contributed by atoms with Crippen LogP contribution in [0.4, 0.5) is 4.39 Å².